The van der Waals surface area contributed by atoms with Crippen molar-refractivity contribution in [3.63, 3.8) is 0 Å². The molecule has 56 valence electrons. The molecule has 1 atom stereocenters. The molecular formula is C8H13NO. The highest BCUT2D eigenvalue weighted by Gasteiger charge is 2.10. The van der Waals surface area contributed by atoms with Gasteiger partial charge in [-0.3, -0.25) is 0 Å². The molecule has 0 heterocycles. The molecule has 0 amide bonds. The zero-order chi connectivity index (χ0) is 7.40. The molecule has 0 fully saturated rings. The molecule has 0 saturated heterocycles. The molecule has 0 aliphatic heterocycles. The van der Waals surface area contributed by atoms with Gasteiger partial charge in [-0.15, -0.1) is 0 Å². The molecule has 0 aromatic heterocycles. The topological polar surface area (TPSA) is 35.2 Å². The summed E-state index contributed by atoms with van der Waals surface area (Å²) < 4.78 is 5.12. The third-order valence-electron chi connectivity index (χ3n) is 1.68. The minimum atomic E-state index is 0.304. The molecule has 2 nitrogen and oxygen atoms in total. The smallest absolute Gasteiger partial charge is 0.0999 e. The van der Waals surface area contributed by atoms with Crippen molar-refractivity contribution in [3.8, 4) is 0 Å². The van der Waals surface area contributed by atoms with E-state index in [9.17, 15) is 0 Å². The van der Waals surface area contributed by atoms with Crippen LogP contribution in [0.15, 0.2) is 24.0 Å². The van der Waals surface area contributed by atoms with E-state index in [0.29, 0.717) is 12.5 Å². The zero-order valence-corrected chi connectivity index (χ0v) is 6.21. The van der Waals surface area contributed by atoms with Gasteiger partial charge >= 0.3 is 0 Å². The lowest BCUT2D eigenvalue weighted by Crippen LogP contribution is -2.16. The van der Waals surface area contributed by atoms with Gasteiger partial charge in [0.2, 0.25) is 0 Å². The number of methoxy groups -OCH3 is 1. The number of rotatable bonds is 2. The number of ether oxygens (including phenoxy) is 1. The van der Waals surface area contributed by atoms with Crippen LogP contribution in [0.4, 0.5) is 0 Å². The Labute approximate surface area is 61.4 Å². The summed E-state index contributed by atoms with van der Waals surface area (Å²) in [6.07, 6.45) is 7.25. The first-order chi connectivity index (χ1) is 4.88. The quantitative estimate of drug-likeness (QED) is 0.580. The van der Waals surface area contributed by atoms with E-state index >= 15 is 0 Å². The Morgan fingerprint density at radius 1 is 1.80 bits per heavy atom. The van der Waals surface area contributed by atoms with Gasteiger partial charge in [0.15, 0.2) is 0 Å². The molecule has 0 aromatic carbocycles. The summed E-state index contributed by atoms with van der Waals surface area (Å²) in [5.41, 5.74) is 5.50. The fourth-order valence-electron chi connectivity index (χ4n) is 1.10. The van der Waals surface area contributed by atoms with E-state index in [1.807, 2.05) is 0 Å². The molecule has 0 aromatic rings. The molecule has 2 N–H and O–H groups in total. The molecule has 0 spiro atoms. The molecule has 0 bridgehead atoms. The molecule has 0 saturated carbocycles. The monoisotopic (exact) mass is 139 g/mol. The van der Waals surface area contributed by atoms with Crippen LogP contribution in [0.5, 0.6) is 0 Å². The lowest BCUT2D eigenvalue weighted by Gasteiger charge is -2.16. The molecule has 1 rings (SSSR count). The van der Waals surface area contributed by atoms with E-state index in [0.717, 1.165) is 12.2 Å². The van der Waals surface area contributed by atoms with E-state index in [1.54, 1.807) is 7.11 Å². The summed E-state index contributed by atoms with van der Waals surface area (Å²) in [6, 6.07) is 0. The lowest BCUT2D eigenvalue weighted by atomic mass is 10.0. The highest BCUT2D eigenvalue weighted by Crippen LogP contribution is 2.17. The Balaban J connectivity index is 2.59. The summed E-state index contributed by atoms with van der Waals surface area (Å²) in [4.78, 5) is 0. The lowest BCUT2D eigenvalue weighted by molar-refractivity contribution is 0.255. The van der Waals surface area contributed by atoms with Gasteiger partial charge < -0.3 is 10.5 Å². The SMILES string of the molecule is COC1=CCC=CC1CN. The Hall–Kier alpha value is -0.760. The van der Waals surface area contributed by atoms with E-state index in [4.69, 9.17) is 10.5 Å². The average Bonchev–Trinajstić information content (AvgIpc) is 2.04. The molecule has 1 aliphatic carbocycles. The normalized spacial score (nSPS) is 24.2. The minimum Gasteiger partial charge on any atom is -0.501 e. The van der Waals surface area contributed by atoms with E-state index in [1.165, 1.54) is 0 Å². The van der Waals surface area contributed by atoms with Crippen LogP contribution in [-0.2, 0) is 4.74 Å². The van der Waals surface area contributed by atoms with Gasteiger partial charge in [-0.2, -0.15) is 0 Å². The first kappa shape index (κ1) is 7.35. The second-order valence-electron chi connectivity index (χ2n) is 2.32. The van der Waals surface area contributed by atoms with E-state index in [2.05, 4.69) is 18.2 Å². The molecular weight excluding hydrogens is 126 g/mol. The summed E-state index contributed by atoms with van der Waals surface area (Å²) in [5, 5.41) is 0. The van der Waals surface area contributed by atoms with Gasteiger partial charge in [0.25, 0.3) is 0 Å². The Bertz CT molecular complexity index is 161. The fourth-order valence-corrected chi connectivity index (χ4v) is 1.10. The number of allylic oxidation sites excluding steroid dienone is 2. The summed E-state index contributed by atoms with van der Waals surface area (Å²) in [5.74, 6) is 1.31. The maximum atomic E-state index is 5.50. The molecule has 10 heavy (non-hydrogen) atoms. The van der Waals surface area contributed by atoms with Crippen LogP contribution in [0, 0.1) is 5.92 Å². The van der Waals surface area contributed by atoms with Gasteiger partial charge in [0, 0.05) is 12.5 Å². The van der Waals surface area contributed by atoms with Gasteiger partial charge in [0.1, 0.15) is 0 Å². The third kappa shape index (κ3) is 1.39. The van der Waals surface area contributed by atoms with Crippen LogP contribution in [0.25, 0.3) is 0 Å². The number of hydrogen-bond donors (Lipinski definition) is 1. The second-order valence-corrected chi connectivity index (χ2v) is 2.32. The van der Waals surface area contributed by atoms with Crippen LogP contribution in [0.3, 0.4) is 0 Å². The summed E-state index contributed by atoms with van der Waals surface area (Å²) in [7, 11) is 1.69. The highest BCUT2D eigenvalue weighted by atomic mass is 16.5. The van der Waals surface area contributed by atoms with Crippen molar-refractivity contribution in [1.29, 1.82) is 0 Å². The third-order valence-corrected chi connectivity index (χ3v) is 1.68. The molecule has 1 unspecified atom stereocenters. The largest absolute Gasteiger partial charge is 0.501 e. The van der Waals surface area contributed by atoms with Gasteiger partial charge in [-0.05, 0) is 12.5 Å². The van der Waals surface area contributed by atoms with E-state index < -0.39 is 0 Å². The van der Waals surface area contributed by atoms with Crippen molar-refractivity contribution in [1.82, 2.24) is 0 Å². The minimum absolute atomic E-state index is 0.304. The van der Waals surface area contributed by atoms with Crippen molar-refractivity contribution < 1.29 is 4.74 Å². The van der Waals surface area contributed by atoms with Crippen LogP contribution < -0.4 is 5.73 Å². The number of hydrogen-bond acceptors (Lipinski definition) is 2. The maximum Gasteiger partial charge on any atom is 0.0999 e. The zero-order valence-electron chi connectivity index (χ0n) is 6.21. The molecule has 0 radical (unpaired) electrons. The second kappa shape index (κ2) is 3.42. The van der Waals surface area contributed by atoms with Crippen molar-refractivity contribution >= 4 is 0 Å². The van der Waals surface area contributed by atoms with Crippen LogP contribution in [0.2, 0.25) is 0 Å². The van der Waals surface area contributed by atoms with Crippen LogP contribution >= 0.6 is 0 Å². The first-order valence-corrected chi connectivity index (χ1v) is 3.49. The van der Waals surface area contributed by atoms with Crippen molar-refractivity contribution in [2.75, 3.05) is 13.7 Å². The van der Waals surface area contributed by atoms with Gasteiger partial charge in [-0.1, -0.05) is 12.2 Å². The Morgan fingerprint density at radius 2 is 2.60 bits per heavy atom. The Morgan fingerprint density at radius 3 is 3.10 bits per heavy atom. The van der Waals surface area contributed by atoms with Crippen LogP contribution in [-0.4, -0.2) is 13.7 Å². The standard InChI is InChI=1S/C8H13NO/c1-10-8-5-3-2-4-7(8)6-9/h2,4-5,7H,3,6,9H2,1H3. The van der Waals surface area contributed by atoms with Crippen molar-refractivity contribution in [2.45, 2.75) is 6.42 Å². The predicted octanol–water partition coefficient (Wildman–Crippen LogP) is 1.05. The van der Waals surface area contributed by atoms with Crippen LogP contribution in [0.1, 0.15) is 6.42 Å². The molecule has 1 aliphatic rings. The summed E-state index contributed by atoms with van der Waals surface area (Å²) >= 11 is 0. The van der Waals surface area contributed by atoms with Crippen molar-refractivity contribution in [3.05, 3.63) is 24.0 Å². The summed E-state index contributed by atoms with van der Waals surface area (Å²) in [6.45, 7) is 0.635. The Kier molecular flexibility index (Phi) is 2.51. The fraction of sp³-hybridized carbons (Fsp3) is 0.500. The van der Waals surface area contributed by atoms with Gasteiger partial charge in [-0.25, -0.2) is 0 Å². The van der Waals surface area contributed by atoms with Gasteiger partial charge in [0.05, 0.1) is 12.9 Å². The predicted molar refractivity (Wildman–Crippen MR) is 41.4 cm³/mol. The first-order valence-electron chi connectivity index (χ1n) is 3.49. The highest BCUT2D eigenvalue weighted by molar-refractivity contribution is 5.15. The molecule has 2 heteroatoms. The maximum absolute atomic E-state index is 5.50. The van der Waals surface area contributed by atoms with E-state index in [-0.39, 0.29) is 0 Å². The van der Waals surface area contributed by atoms with Crippen molar-refractivity contribution in [2.24, 2.45) is 11.7 Å². The number of nitrogens with two attached hydrogens (primary N) is 1. The average molecular weight is 139 g/mol.